The number of Topliss-reactive ketones (excluding diaryl/α,β-unsaturated/α-hetero) is 1. The molecule has 2 amide bonds. The minimum atomic E-state index is -0.516. The van der Waals surface area contributed by atoms with E-state index in [0.29, 0.717) is 38.2 Å². The number of anilines is 1. The topological polar surface area (TPSA) is 66.9 Å². The summed E-state index contributed by atoms with van der Waals surface area (Å²) >= 11 is 0. The van der Waals surface area contributed by atoms with Gasteiger partial charge in [-0.15, -0.1) is 0 Å². The smallest absolute Gasteiger partial charge is 0.253 e. The van der Waals surface area contributed by atoms with Crippen LogP contribution in [-0.4, -0.2) is 54.3 Å². The molecule has 3 rings (SSSR count). The number of nitrogens with zero attached hydrogens (tertiary/aromatic N) is 2. The number of carbonyl (C=O) groups excluding carboxylic acids is 3. The molecule has 0 saturated carbocycles. The first kappa shape index (κ1) is 18.5. The predicted octanol–water partition coefficient (Wildman–Crippen LogP) is 1.92. The highest BCUT2D eigenvalue weighted by atomic mass is 19.1. The van der Waals surface area contributed by atoms with E-state index in [-0.39, 0.29) is 42.9 Å². The Balaban J connectivity index is 1.64. The number of carbonyl (C=O) groups is 3. The maximum absolute atomic E-state index is 13.5. The van der Waals surface area contributed by atoms with Crippen LogP contribution in [-0.2, 0) is 19.1 Å². The Morgan fingerprint density at radius 2 is 1.96 bits per heavy atom. The van der Waals surface area contributed by atoms with Crippen LogP contribution in [0.1, 0.15) is 32.6 Å². The molecule has 1 aromatic carbocycles. The number of piperidine rings is 1. The Morgan fingerprint density at radius 3 is 2.62 bits per heavy atom. The van der Waals surface area contributed by atoms with Crippen molar-refractivity contribution in [1.82, 2.24) is 4.90 Å². The predicted molar refractivity (Wildman–Crippen MR) is 93.2 cm³/mol. The molecular weight excluding hydrogens is 339 g/mol. The Labute approximate surface area is 151 Å². The SMILES string of the molecule is CC(=O)CCC(=O)N1CCC2(CC1)CN(c1cccc(F)c1)C(=O)CO2. The monoisotopic (exact) mass is 362 g/mol. The second-order valence-electron chi connectivity index (χ2n) is 7.01. The summed E-state index contributed by atoms with van der Waals surface area (Å²) in [5, 5.41) is 0. The maximum atomic E-state index is 13.5. The Bertz CT molecular complexity index is 713. The lowest BCUT2D eigenvalue weighted by molar-refractivity contribution is -0.150. The number of hydrogen-bond acceptors (Lipinski definition) is 4. The number of morpholine rings is 1. The number of likely N-dealkylation sites (tertiary alicyclic amines) is 1. The number of hydrogen-bond donors (Lipinski definition) is 0. The first-order valence-corrected chi connectivity index (χ1v) is 8.86. The zero-order valence-corrected chi connectivity index (χ0v) is 14.9. The molecule has 26 heavy (non-hydrogen) atoms. The van der Waals surface area contributed by atoms with Crippen LogP contribution in [0, 0.1) is 5.82 Å². The van der Waals surface area contributed by atoms with E-state index in [1.807, 2.05) is 0 Å². The van der Waals surface area contributed by atoms with Gasteiger partial charge in [0.1, 0.15) is 18.2 Å². The summed E-state index contributed by atoms with van der Waals surface area (Å²) in [5.41, 5.74) is 0.00931. The molecule has 2 heterocycles. The Kier molecular flexibility index (Phi) is 5.36. The van der Waals surface area contributed by atoms with Crippen LogP contribution >= 0.6 is 0 Å². The van der Waals surface area contributed by atoms with Gasteiger partial charge in [0.05, 0.1) is 12.1 Å². The lowest BCUT2D eigenvalue weighted by Gasteiger charge is -2.47. The molecule has 1 aromatic rings. The fraction of sp³-hybridized carbons (Fsp3) is 0.526. The molecule has 2 fully saturated rings. The van der Waals surface area contributed by atoms with Crippen LogP contribution in [0.2, 0.25) is 0 Å². The highest BCUT2D eigenvalue weighted by Crippen LogP contribution is 2.33. The zero-order valence-electron chi connectivity index (χ0n) is 14.9. The number of amides is 2. The summed E-state index contributed by atoms with van der Waals surface area (Å²) in [6.07, 6.45) is 1.71. The molecule has 1 spiro atoms. The molecule has 2 aliphatic rings. The fourth-order valence-corrected chi connectivity index (χ4v) is 3.50. The molecule has 0 atom stereocenters. The van der Waals surface area contributed by atoms with Crippen LogP contribution in [0.3, 0.4) is 0 Å². The summed E-state index contributed by atoms with van der Waals surface area (Å²) in [5.74, 6) is -0.599. The normalized spacial score (nSPS) is 19.7. The molecule has 0 aliphatic carbocycles. The fourth-order valence-electron chi connectivity index (χ4n) is 3.50. The molecule has 0 N–H and O–H groups in total. The van der Waals surface area contributed by atoms with Crippen molar-refractivity contribution in [3.05, 3.63) is 30.1 Å². The van der Waals surface area contributed by atoms with Gasteiger partial charge < -0.3 is 19.3 Å². The summed E-state index contributed by atoms with van der Waals surface area (Å²) in [6.45, 7) is 2.84. The van der Waals surface area contributed by atoms with Crippen LogP contribution in [0.25, 0.3) is 0 Å². The average Bonchev–Trinajstić information content (AvgIpc) is 2.62. The van der Waals surface area contributed by atoms with Crippen molar-refractivity contribution in [2.24, 2.45) is 0 Å². The van der Waals surface area contributed by atoms with Gasteiger partial charge in [-0.05, 0) is 38.0 Å². The van der Waals surface area contributed by atoms with Gasteiger partial charge in [-0.2, -0.15) is 0 Å². The number of ether oxygens (including phenoxy) is 1. The van der Waals surface area contributed by atoms with Gasteiger partial charge in [-0.1, -0.05) is 6.07 Å². The highest BCUT2D eigenvalue weighted by Gasteiger charge is 2.43. The molecule has 0 unspecified atom stereocenters. The third kappa shape index (κ3) is 4.09. The standard InChI is InChI=1S/C19H23FN2O4/c1-14(23)5-6-17(24)21-9-7-19(8-10-21)13-22(18(25)12-26-19)16-4-2-3-15(20)11-16/h2-4,11H,5-10,12-13H2,1H3. The second-order valence-corrected chi connectivity index (χ2v) is 7.01. The Morgan fingerprint density at radius 1 is 1.23 bits per heavy atom. The lowest BCUT2D eigenvalue weighted by atomic mass is 9.88. The molecule has 2 saturated heterocycles. The van der Waals surface area contributed by atoms with Gasteiger partial charge in [-0.3, -0.25) is 9.59 Å². The second kappa shape index (κ2) is 7.53. The van der Waals surface area contributed by atoms with Gasteiger partial charge >= 0.3 is 0 Å². The summed E-state index contributed by atoms with van der Waals surface area (Å²) in [6, 6.07) is 5.98. The van der Waals surface area contributed by atoms with Gasteiger partial charge in [0.2, 0.25) is 5.91 Å². The van der Waals surface area contributed by atoms with E-state index in [1.165, 1.54) is 19.1 Å². The molecule has 6 nitrogen and oxygen atoms in total. The van der Waals surface area contributed by atoms with Crippen molar-refractivity contribution in [3.63, 3.8) is 0 Å². The van der Waals surface area contributed by atoms with Gasteiger partial charge in [0.15, 0.2) is 0 Å². The molecule has 0 bridgehead atoms. The number of benzene rings is 1. The van der Waals surface area contributed by atoms with Gasteiger partial charge in [0, 0.05) is 31.6 Å². The minimum absolute atomic E-state index is 0.00620. The summed E-state index contributed by atoms with van der Waals surface area (Å²) in [7, 11) is 0. The molecule has 0 aromatic heterocycles. The van der Waals surface area contributed by atoms with E-state index in [0.717, 1.165) is 0 Å². The van der Waals surface area contributed by atoms with Crippen molar-refractivity contribution in [3.8, 4) is 0 Å². The molecule has 7 heteroatoms. The van der Waals surface area contributed by atoms with E-state index in [2.05, 4.69) is 0 Å². The molecule has 0 radical (unpaired) electrons. The van der Waals surface area contributed by atoms with E-state index < -0.39 is 5.60 Å². The summed E-state index contributed by atoms with van der Waals surface area (Å²) in [4.78, 5) is 38.8. The zero-order chi connectivity index (χ0) is 18.7. The first-order valence-electron chi connectivity index (χ1n) is 8.86. The third-order valence-electron chi connectivity index (χ3n) is 5.09. The average molecular weight is 362 g/mol. The van der Waals surface area contributed by atoms with E-state index in [9.17, 15) is 18.8 Å². The van der Waals surface area contributed by atoms with Gasteiger partial charge in [0.25, 0.3) is 5.91 Å². The molecular formula is C19H23FN2O4. The number of rotatable bonds is 4. The molecule has 2 aliphatic heterocycles. The van der Waals surface area contributed by atoms with Crippen molar-refractivity contribution in [2.45, 2.75) is 38.2 Å². The third-order valence-corrected chi connectivity index (χ3v) is 5.09. The van der Waals surface area contributed by atoms with Crippen molar-refractivity contribution < 1.29 is 23.5 Å². The molecule has 140 valence electrons. The van der Waals surface area contributed by atoms with Crippen LogP contribution in [0.15, 0.2) is 24.3 Å². The minimum Gasteiger partial charge on any atom is -0.363 e. The highest BCUT2D eigenvalue weighted by molar-refractivity contribution is 5.95. The first-order chi connectivity index (χ1) is 12.4. The van der Waals surface area contributed by atoms with E-state index in [4.69, 9.17) is 4.74 Å². The van der Waals surface area contributed by atoms with Crippen molar-refractivity contribution in [1.29, 1.82) is 0 Å². The number of halogens is 1. The van der Waals surface area contributed by atoms with Gasteiger partial charge in [-0.25, -0.2) is 4.39 Å². The van der Waals surface area contributed by atoms with E-state index in [1.54, 1.807) is 21.9 Å². The largest absolute Gasteiger partial charge is 0.363 e. The van der Waals surface area contributed by atoms with Crippen molar-refractivity contribution >= 4 is 23.3 Å². The number of ketones is 1. The van der Waals surface area contributed by atoms with Crippen molar-refractivity contribution in [2.75, 3.05) is 31.1 Å². The summed E-state index contributed by atoms with van der Waals surface area (Å²) < 4.78 is 19.4. The Hall–Kier alpha value is -2.28. The van der Waals surface area contributed by atoms with Crippen LogP contribution in [0.5, 0.6) is 0 Å². The maximum Gasteiger partial charge on any atom is 0.253 e. The lowest BCUT2D eigenvalue weighted by Crippen LogP contribution is -2.59. The van der Waals surface area contributed by atoms with Crippen LogP contribution in [0.4, 0.5) is 10.1 Å². The van der Waals surface area contributed by atoms with E-state index >= 15 is 0 Å². The quantitative estimate of drug-likeness (QED) is 0.821. The van der Waals surface area contributed by atoms with Crippen LogP contribution < -0.4 is 4.90 Å².